The number of halogens is 2. The fraction of sp³-hybridized carbons (Fsp3) is 0.368. The Morgan fingerprint density at radius 3 is 2.46 bits per heavy atom. The molecule has 0 aromatic heterocycles. The highest BCUT2D eigenvalue weighted by molar-refractivity contribution is 8.93. The second-order valence-electron chi connectivity index (χ2n) is 6.53. The van der Waals surface area contributed by atoms with Gasteiger partial charge in [-0.1, -0.05) is 36.4 Å². The van der Waals surface area contributed by atoms with Crippen LogP contribution in [0, 0.1) is 0 Å². The third-order valence-electron chi connectivity index (χ3n) is 5.11. The van der Waals surface area contributed by atoms with E-state index >= 15 is 0 Å². The Kier molecular flexibility index (Phi) is 6.48. The minimum Gasteiger partial charge on any atom is -0.508 e. The van der Waals surface area contributed by atoms with Crippen molar-refractivity contribution in [1.82, 2.24) is 9.80 Å². The molecule has 1 N–H and O–H groups in total. The van der Waals surface area contributed by atoms with Crippen LogP contribution in [-0.2, 0) is 6.42 Å². The Morgan fingerprint density at radius 1 is 0.958 bits per heavy atom. The van der Waals surface area contributed by atoms with Crippen molar-refractivity contribution in [1.29, 1.82) is 0 Å². The first kappa shape index (κ1) is 19.4. The van der Waals surface area contributed by atoms with Crippen LogP contribution in [0.2, 0.25) is 0 Å². The summed E-state index contributed by atoms with van der Waals surface area (Å²) >= 11 is 0. The lowest BCUT2D eigenvalue weighted by Crippen LogP contribution is -2.50. The van der Waals surface area contributed by atoms with Crippen molar-refractivity contribution >= 4 is 34.0 Å². The molecule has 2 aliphatic heterocycles. The molecule has 2 aliphatic rings. The first-order valence-electron chi connectivity index (χ1n) is 8.03. The highest BCUT2D eigenvalue weighted by Crippen LogP contribution is 2.42. The average Bonchev–Trinajstić information content (AvgIpc) is 2.54. The molecule has 0 spiro atoms. The number of likely N-dealkylation sites (N-methyl/N-ethyl adjacent to an activating group) is 1. The monoisotopic (exact) mass is 454 g/mol. The maximum atomic E-state index is 9.87. The number of benzene rings is 2. The lowest BCUT2D eigenvalue weighted by atomic mass is 9.84. The molecule has 1 fully saturated rings. The van der Waals surface area contributed by atoms with E-state index in [1.807, 2.05) is 12.1 Å². The number of hydrogen-bond acceptors (Lipinski definition) is 3. The summed E-state index contributed by atoms with van der Waals surface area (Å²) in [6, 6.07) is 17.5. The van der Waals surface area contributed by atoms with Crippen molar-refractivity contribution in [2.45, 2.75) is 18.5 Å². The maximum Gasteiger partial charge on any atom is 0.115 e. The molecule has 24 heavy (non-hydrogen) atoms. The van der Waals surface area contributed by atoms with Gasteiger partial charge < -0.3 is 10.0 Å². The molecule has 0 saturated carbocycles. The third-order valence-corrected chi connectivity index (χ3v) is 5.11. The number of phenolic OH excluding ortho intramolecular Hbond substituents is 1. The highest BCUT2D eigenvalue weighted by Gasteiger charge is 2.37. The Morgan fingerprint density at radius 2 is 1.71 bits per heavy atom. The zero-order valence-electron chi connectivity index (χ0n) is 13.8. The predicted octanol–water partition coefficient (Wildman–Crippen LogP) is 4.13. The van der Waals surface area contributed by atoms with Crippen LogP contribution in [0.4, 0.5) is 0 Å². The molecule has 2 heterocycles. The topological polar surface area (TPSA) is 26.7 Å². The van der Waals surface area contributed by atoms with Gasteiger partial charge in [0.25, 0.3) is 0 Å². The minimum atomic E-state index is 0. The highest BCUT2D eigenvalue weighted by atomic mass is 79.9. The zero-order chi connectivity index (χ0) is 15.1. The summed E-state index contributed by atoms with van der Waals surface area (Å²) in [6.07, 6.45) is 0.980. The number of aromatic hydroxyl groups is 1. The molecule has 130 valence electrons. The molecule has 0 bridgehead atoms. The maximum absolute atomic E-state index is 9.87. The zero-order valence-corrected chi connectivity index (χ0v) is 17.2. The van der Waals surface area contributed by atoms with Gasteiger partial charge in [-0.25, -0.2) is 0 Å². The lowest BCUT2D eigenvalue weighted by molar-refractivity contribution is 0.0403. The third kappa shape index (κ3) is 3.54. The van der Waals surface area contributed by atoms with E-state index in [4.69, 9.17) is 0 Å². The largest absolute Gasteiger partial charge is 0.508 e. The summed E-state index contributed by atoms with van der Waals surface area (Å²) in [4.78, 5) is 5.06. The van der Waals surface area contributed by atoms with Gasteiger partial charge in [-0.15, -0.1) is 34.0 Å². The van der Waals surface area contributed by atoms with Crippen LogP contribution < -0.4 is 0 Å². The Labute approximate surface area is 164 Å². The summed E-state index contributed by atoms with van der Waals surface area (Å²) in [6.45, 7) is 3.27. The molecule has 0 amide bonds. The number of nitrogens with zero attached hydrogens (tertiary/aromatic N) is 2. The summed E-state index contributed by atoms with van der Waals surface area (Å²) in [5.41, 5.74) is 4.06. The van der Waals surface area contributed by atoms with Gasteiger partial charge in [0, 0.05) is 31.7 Å². The molecule has 1 saturated heterocycles. The van der Waals surface area contributed by atoms with Gasteiger partial charge in [0.15, 0.2) is 0 Å². The number of hydrogen-bond donors (Lipinski definition) is 1. The summed E-state index contributed by atoms with van der Waals surface area (Å²) in [5, 5.41) is 9.87. The fourth-order valence-electron chi connectivity index (χ4n) is 3.99. The number of fused-ring (bicyclic) bond motifs is 3. The van der Waals surface area contributed by atoms with Gasteiger partial charge >= 0.3 is 0 Å². The molecule has 5 heteroatoms. The quantitative estimate of drug-likeness (QED) is 0.700. The van der Waals surface area contributed by atoms with Crippen molar-refractivity contribution in [3.05, 3.63) is 65.2 Å². The van der Waals surface area contributed by atoms with Crippen LogP contribution in [0.3, 0.4) is 0 Å². The van der Waals surface area contributed by atoms with Crippen molar-refractivity contribution in [3.63, 3.8) is 0 Å². The average molecular weight is 456 g/mol. The molecule has 0 radical (unpaired) electrons. The first-order valence-corrected chi connectivity index (χ1v) is 8.03. The van der Waals surface area contributed by atoms with Crippen LogP contribution in [0.1, 0.15) is 28.8 Å². The minimum absolute atomic E-state index is 0. The van der Waals surface area contributed by atoms with Crippen LogP contribution in [-0.4, -0.2) is 41.6 Å². The number of piperazine rings is 1. The second kappa shape index (κ2) is 8.00. The van der Waals surface area contributed by atoms with Gasteiger partial charge in [-0.05, 0) is 42.3 Å². The molecule has 2 atom stereocenters. The van der Waals surface area contributed by atoms with Crippen LogP contribution in [0.5, 0.6) is 5.75 Å². The van der Waals surface area contributed by atoms with E-state index in [2.05, 4.69) is 53.2 Å². The standard InChI is InChI=1S/C19H22N2O.2BrH/c1-20-9-10-21-18(14-5-3-2-4-6-14)12-15-11-16(22)7-8-17(15)19(21)13-20;;/h2-8,11,18-19,22H,9-10,12-13H2,1H3;2*1H/t18-,19+;;/m1../s1. The molecule has 4 rings (SSSR count). The number of rotatable bonds is 1. The van der Waals surface area contributed by atoms with Gasteiger partial charge in [0.2, 0.25) is 0 Å². The van der Waals surface area contributed by atoms with Gasteiger partial charge in [0.1, 0.15) is 5.75 Å². The number of phenols is 1. The molecular formula is C19H24Br2N2O. The lowest BCUT2D eigenvalue weighted by Gasteiger charge is -2.48. The van der Waals surface area contributed by atoms with Crippen LogP contribution >= 0.6 is 34.0 Å². The molecular weight excluding hydrogens is 432 g/mol. The molecule has 2 aromatic carbocycles. The van der Waals surface area contributed by atoms with Gasteiger partial charge in [0.05, 0.1) is 0 Å². The summed E-state index contributed by atoms with van der Waals surface area (Å²) in [5.74, 6) is 0.378. The molecule has 3 nitrogen and oxygen atoms in total. The second-order valence-corrected chi connectivity index (χ2v) is 6.53. The van der Waals surface area contributed by atoms with E-state index in [0.717, 1.165) is 26.1 Å². The summed E-state index contributed by atoms with van der Waals surface area (Å²) < 4.78 is 0. The fourth-order valence-corrected chi connectivity index (χ4v) is 3.99. The van der Waals surface area contributed by atoms with Crippen molar-refractivity contribution < 1.29 is 5.11 Å². The van der Waals surface area contributed by atoms with E-state index in [1.165, 1.54) is 16.7 Å². The molecule has 0 unspecified atom stereocenters. The van der Waals surface area contributed by atoms with E-state index in [1.54, 1.807) is 0 Å². The smallest absolute Gasteiger partial charge is 0.115 e. The van der Waals surface area contributed by atoms with Crippen molar-refractivity contribution in [3.8, 4) is 5.75 Å². The van der Waals surface area contributed by atoms with E-state index in [-0.39, 0.29) is 34.0 Å². The molecule has 0 aliphatic carbocycles. The van der Waals surface area contributed by atoms with Gasteiger partial charge in [-0.3, -0.25) is 4.90 Å². The molecule has 2 aromatic rings. The Balaban J connectivity index is 0.00000104. The van der Waals surface area contributed by atoms with E-state index in [9.17, 15) is 5.11 Å². The van der Waals surface area contributed by atoms with E-state index in [0.29, 0.717) is 17.8 Å². The predicted molar refractivity (Wildman–Crippen MR) is 109 cm³/mol. The Hall–Kier alpha value is -0.880. The van der Waals surface area contributed by atoms with E-state index < -0.39 is 0 Å². The SMILES string of the molecule is Br.Br.CN1CCN2[C@@H](c3ccccc3)Cc3cc(O)ccc3[C@@H]2C1. The first-order chi connectivity index (χ1) is 10.7. The van der Waals surface area contributed by atoms with Crippen LogP contribution in [0.15, 0.2) is 48.5 Å². The normalized spacial score (nSPS) is 23.4. The Bertz CT molecular complexity index is 680. The van der Waals surface area contributed by atoms with Crippen molar-refractivity contribution in [2.24, 2.45) is 0 Å². The van der Waals surface area contributed by atoms with Gasteiger partial charge in [-0.2, -0.15) is 0 Å². The van der Waals surface area contributed by atoms with Crippen molar-refractivity contribution in [2.75, 3.05) is 26.7 Å². The summed E-state index contributed by atoms with van der Waals surface area (Å²) in [7, 11) is 2.20. The van der Waals surface area contributed by atoms with Crippen LogP contribution in [0.25, 0.3) is 0 Å².